The van der Waals surface area contributed by atoms with E-state index in [1.807, 2.05) is 49.4 Å². The van der Waals surface area contributed by atoms with Crippen LogP contribution in [0.4, 0.5) is 4.39 Å². The molecule has 6 heteroatoms. The van der Waals surface area contributed by atoms with Gasteiger partial charge in [-0.3, -0.25) is 14.8 Å². The molecule has 1 aliphatic rings. The van der Waals surface area contributed by atoms with Crippen LogP contribution >= 0.6 is 11.8 Å². The number of nitrogens with zero attached hydrogens (tertiary/aromatic N) is 2. The average molecular weight is 434 g/mol. The number of amidine groups is 1. The molecule has 1 aliphatic heterocycles. The van der Waals surface area contributed by atoms with E-state index in [9.17, 15) is 9.18 Å². The van der Waals surface area contributed by atoms with Crippen molar-refractivity contribution in [2.45, 2.75) is 31.7 Å². The number of benzene rings is 2. The minimum absolute atomic E-state index is 0.107. The maximum Gasteiger partial charge on any atom is 0.186 e. The number of thioether (sulfide) groups is 1. The highest BCUT2D eigenvalue weighted by Crippen LogP contribution is 2.40. The molecule has 31 heavy (non-hydrogen) atoms. The number of halogens is 1. The standard InChI is InChI=1S/C25H24FN3OS/c1-2-25(12-14-31-24(27)29-25)20-15-17(10-11-21(20)26)16-22(30)23-19(9-6-13-28-23)18-7-4-3-5-8-18/h3-11,13,15H,2,12,14,16H2,1H3,(H2,27,29)/t25-/m0/s1. The molecule has 158 valence electrons. The molecule has 0 fully saturated rings. The van der Waals surface area contributed by atoms with E-state index >= 15 is 0 Å². The second-order valence-electron chi connectivity index (χ2n) is 7.61. The van der Waals surface area contributed by atoms with Gasteiger partial charge in [-0.25, -0.2) is 4.39 Å². The number of aliphatic imine (C=N–C) groups is 1. The van der Waals surface area contributed by atoms with Crippen molar-refractivity contribution >= 4 is 22.7 Å². The lowest BCUT2D eigenvalue weighted by Crippen LogP contribution is -2.32. The molecule has 2 N–H and O–H groups in total. The van der Waals surface area contributed by atoms with E-state index in [0.29, 0.717) is 29.3 Å². The smallest absolute Gasteiger partial charge is 0.186 e. The number of carbonyl (C=O) groups excluding carboxylic acids is 1. The third-order valence-electron chi connectivity index (χ3n) is 5.73. The first-order valence-electron chi connectivity index (χ1n) is 10.3. The predicted octanol–water partition coefficient (Wildman–Crippen LogP) is 5.37. The Bertz CT molecular complexity index is 1130. The predicted molar refractivity (Wildman–Crippen MR) is 125 cm³/mol. The van der Waals surface area contributed by atoms with Crippen molar-refractivity contribution in [3.8, 4) is 11.1 Å². The van der Waals surface area contributed by atoms with Gasteiger partial charge in [0.15, 0.2) is 11.0 Å². The van der Waals surface area contributed by atoms with E-state index in [-0.39, 0.29) is 18.0 Å². The number of hydrogen-bond donors (Lipinski definition) is 1. The Morgan fingerprint density at radius 3 is 2.71 bits per heavy atom. The molecule has 3 aromatic rings. The van der Waals surface area contributed by atoms with Crippen LogP contribution < -0.4 is 5.73 Å². The summed E-state index contributed by atoms with van der Waals surface area (Å²) in [6, 6.07) is 18.3. The maximum atomic E-state index is 14.8. The fraction of sp³-hybridized carbons (Fsp3) is 0.240. The van der Waals surface area contributed by atoms with Crippen LogP contribution in [0.15, 0.2) is 71.9 Å². The highest BCUT2D eigenvalue weighted by molar-refractivity contribution is 8.13. The number of rotatable bonds is 6. The van der Waals surface area contributed by atoms with E-state index in [2.05, 4.69) is 9.98 Å². The molecule has 2 aromatic carbocycles. The first-order valence-corrected chi connectivity index (χ1v) is 11.3. The van der Waals surface area contributed by atoms with Gasteiger partial charge in [0.25, 0.3) is 0 Å². The Morgan fingerprint density at radius 1 is 1.16 bits per heavy atom. The van der Waals surface area contributed by atoms with Crippen molar-refractivity contribution in [2.24, 2.45) is 10.7 Å². The van der Waals surface area contributed by atoms with Gasteiger partial charge in [-0.15, -0.1) is 0 Å². The van der Waals surface area contributed by atoms with E-state index in [0.717, 1.165) is 22.4 Å². The van der Waals surface area contributed by atoms with E-state index in [1.54, 1.807) is 18.3 Å². The fourth-order valence-electron chi connectivity index (χ4n) is 4.05. The van der Waals surface area contributed by atoms with Crippen LogP contribution in [-0.4, -0.2) is 21.7 Å². The molecule has 0 amide bonds. The lowest BCUT2D eigenvalue weighted by molar-refractivity contribution is 0.0989. The summed E-state index contributed by atoms with van der Waals surface area (Å²) >= 11 is 1.49. The first-order chi connectivity index (χ1) is 15.0. The second kappa shape index (κ2) is 9.02. The number of ketones is 1. The van der Waals surface area contributed by atoms with Crippen LogP contribution in [0.25, 0.3) is 11.1 Å². The van der Waals surface area contributed by atoms with Crippen molar-refractivity contribution in [3.05, 3.63) is 89.5 Å². The summed E-state index contributed by atoms with van der Waals surface area (Å²) in [4.78, 5) is 22.1. The molecule has 0 unspecified atom stereocenters. The Hall–Kier alpha value is -2.99. The third kappa shape index (κ3) is 4.39. The van der Waals surface area contributed by atoms with Crippen LogP contribution in [0.1, 0.15) is 41.4 Å². The highest BCUT2D eigenvalue weighted by atomic mass is 32.2. The fourth-order valence-corrected chi connectivity index (χ4v) is 4.94. The lowest BCUT2D eigenvalue weighted by atomic mass is 9.83. The molecule has 4 rings (SSSR count). The number of nitrogens with two attached hydrogens (primary N) is 1. The van der Waals surface area contributed by atoms with Gasteiger partial charge in [-0.1, -0.05) is 61.2 Å². The van der Waals surface area contributed by atoms with Crippen LogP contribution in [0, 0.1) is 5.82 Å². The van der Waals surface area contributed by atoms with Gasteiger partial charge >= 0.3 is 0 Å². The SMILES string of the molecule is CC[C@@]1(c2cc(CC(=O)c3ncccc3-c3ccccc3)ccc2F)CCSC(N)=N1. The summed E-state index contributed by atoms with van der Waals surface area (Å²) in [6.45, 7) is 1.99. The zero-order chi connectivity index (χ0) is 21.8. The monoisotopic (exact) mass is 433 g/mol. The largest absolute Gasteiger partial charge is 0.379 e. The van der Waals surface area contributed by atoms with Crippen molar-refractivity contribution < 1.29 is 9.18 Å². The van der Waals surface area contributed by atoms with Crippen LogP contribution in [0.5, 0.6) is 0 Å². The van der Waals surface area contributed by atoms with Gasteiger partial charge in [0, 0.05) is 29.5 Å². The molecule has 4 nitrogen and oxygen atoms in total. The first kappa shape index (κ1) is 21.2. The molecule has 1 atom stereocenters. The highest BCUT2D eigenvalue weighted by Gasteiger charge is 2.35. The molecule has 0 aliphatic carbocycles. The normalized spacial score (nSPS) is 18.5. The lowest BCUT2D eigenvalue weighted by Gasteiger charge is -2.33. The number of aromatic nitrogens is 1. The van der Waals surface area contributed by atoms with E-state index in [4.69, 9.17) is 5.73 Å². The molecule has 0 saturated carbocycles. The van der Waals surface area contributed by atoms with Crippen LogP contribution in [0.2, 0.25) is 0 Å². The van der Waals surface area contributed by atoms with Gasteiger partial charge in [0.05, 0.1) is 5.54 Å². The van der Waals surface area contributed by atoms with E-state index < -0.39 is 5.54 Å². The summed E-state index contributed by atoms with van der Waals surface area (Å²) in [5, 5.41) is 0.481. The van der Waals surface area contributed by atoms with Crippen molar-refractivity contribution in [2.75, 3.05) is 5.75 Å². The Morgan fingerprint density at radius 2 is 1.97 bits per heavy atom. The molecule has 1 aromatic heterocycles. The Labute approximate surface area is 185 Å². The molecule has 0 radical (unpaired) electrons. The van der Waals surface area contributed by atoms with Gasteiger partial charge in [-0.2, -0.15) is 0 Å². The molecule has 0 bridgehead atoms. The van der Waals surface area contributed by atoms with Crippen molar-refractivity contribution in [3.63, 3.8) is 0 Å². The molecule has 0 spiro atoms. The molecular formula is C25H24FN3OS. The van der Waals surface area contributed by atoms with Gasteiger partial charge in [0.2, 0.25) is 0 Å². The summed E-state index contributed by atoms with van der Waals surface area (Å²) in [5.74, 6) is 0.370. The Kier molecular flexibility index (Phi) is 6.18. The quantitative estimate of drug-likeness (QED) is 0.531. The van der Waals surface area contributed by atoms with Gasteiger partial charge in [-0.05, 0) is 42.2 Å². The number of pyridine rings is 1. The van der Waals surface area contributed by atoms with Crippen LogP contribution in [-0.2, 0) is 12.0 Å². The third-order valence-corrected chi connectivity index (χ3v) is 6.52. The summed E-state index contributed by atoms with van der Waals surface area (Å²) in [6.07, 6.45) is 3.11. The maximum absolute atomic E-state index is 14.8. The summed E-state index contributed by atoms with van der Waals surface area (Å²) in [7, 11) is 0. The topological polar surface area (TPSA) is 68.3 Å². The Balaban J connectivity index is 1.67. The van der Waals surface area contributed by atoms with Gasteiger partial charge < -0.3 is 5.73 Å². The number of hydrogen-bond acceptors (Lipinski definition) is 5. The minimum Gasteiger partial charge on any atom is -0.379 e. The zero-order valence-electron chi connectivity index (χ0n) is 17.3. The van der Waals surface area contributed by atoms with Crippen molar-refractivity contribution in [1.82, 2.24) is 4.98 Å². The molecule has 0 saturated heterocycles. The molecule has 2 heterocycles. The zero-order valence-corrected chi connectivity index (χ0v) is 18.2. The number of carbonyl (C=O) groups is 1. The molecular weight excluding hydrogens is 409 g/mol. The van der Waals surface area contributed by atoms with Crippen molar-refractivity contribution in [1.29, 1.82) is 0 Å². The summed E-state index contributed by atoms with van der Waals surface area (Å²) in [5.41, 5.74) is 8.68. The average Bonchev–Trinajstić information content (AvgIpc) is 2.80. The number of Topliss-reactive ketones (excluding diaryl/α,β-unsaturated/α-hetero) is 1. The van der Waals surface area contributed by atoms with E-state index in [1.165, 1.54) is 17.8 Å². The van der Waals surface area contributed by atoms with Crippen LogP contribution in [0.3, 0.4) is 0 Å². The second-order valence-corrected chi connectivity index (χ2v) is 8.73. The minimum atomic E-state index is -0.682. The summed E-state index contributed by atoms with van der Waals surface area (Å²) < 4.78 is 14.8. The van der Waals surface area contributed by atoms with Gasteiger partial charge in [0.1, 0.15) is 11.5 Å².